The SMILES string of the molecule is CCc1cc(NCCCN)n2nc(C3CCCO3)cc2n1. The summed E-state index contributed by atoms with van der Waals surface area (Å²) in [6, 6.07) is 4.11. The van der Waals surface area contributed by atoms with Gasteiger partial charge in [0.2, 0.25) is 0 Å². The summed E-state index contributed by atoms with van der Waals surface area (Å²) < 4.78 is 7.60. The van der Waals surface area contributed by atoms with Crippen LogP contribution in [-0.4, -0.2) is 34.3 Å². The number of hydrogen-bond acceptors (Lipinski definition) is 5. The van der Waals surface area contributed by atoms with Crippen LogP contribution in [0.4, 0.5) is 5.82 Å². The van der Waals surface area contributed by atoms with Gasteiger partial charge in [-0.15, -0.1) is 0 Å². The molecule has 1 atom stereocenters. The molecule has 0 saturated carbocycles. The molecule has 6 heteroatoms. The number of aromatic nitrogens is 3. The first-order valence-corrected chi connectivity index (χ1v) is 7.77. The van der Waals surface area contributed by atoms with Crippen LogP contribution in [0.2, 0.25) is 0 Å². The zero-order valence-electron chi connectivity index (χ0n) is 12.5. The van der Waals surface area contributed by atoms with E-state index < -0.39 is 0 Å². The highest BCUT2D eigenvalue weighted by molar-refractivity contribution is 5.51. The summed E-state index contributed by atoms with van der Waals surface area (Å²) in [6.07, 6.45) is 4.11. The first-order chi connectivity index (χ1) is 10.3. The van der Waals surface area contributed by atoms with Gasteiger partial charge in [0.25, 0.3) is 0 Å². The Hall–Kier alpha value is -1.66. The third-order valence-corrected chi connectivity index (χ3v) is 3.81. The van der Waals surface area contributed by atoms with Gasteiger partial charge in [-0.3, -0.25) is 0 Å². The summed E-state index contributed by atoms with van der Waals surface area (Å²) in [6.45, 7) is 4.46. The van der Waals surface area contributed by atoms with Crippen LogP contribution in [0, 0.1) is 0 Å². The Morgan fingerprint density at radius 2 is 2.38 bits per heavy atom. The zero-order valence-corrected chi connectivity index (χ0v) is 12.5. The number of hydrogen-bond donors (Lipinski definition) is 2. The molecular formula is C15H23N5O. The van der Waals surface area contributed by atoms with E-state index in [2.05, 4.69) is 28.4 Å². The molecule has 0 aromatic carbocycles. The lowest BCUT2D eigenvalue weighted by atomic mass is 10.2. The molecular weight excluding hydrogens is 266 g/mol. The van der Waals surface area contributed by atoms with Gasteiger partial charge >= 0.3 is 0 Å². The van der Waals surface area contributed by atoms with Gasteiger partial charge in [-0.1, -0.05) is 6.92 Å². The van der Waals surface area contributed by atoms with E-state index in [1.54, 1.807) is 0 Å². The van der Waals surface area contributed by atoms with Crippen LogP contribution in [0.25, 0.3) is 5.65 Å². The van der Waals surface area contributed by atoms with Gasteiger partial charge in [0.15, 0.2) is 5.65 Å². The Morgan fingerprint density at radius 3 is 3.10 bits per heavy atom. The lowest BCUT2D eigenvalue weighted by molar-refractivity contribution is 0.108. The molecule has 1 fully saturated rings. The molecule has 3 rings (SSSR count). The molecule has 2 aromatic rings. The Balaban J connectivity index is 1.94. The summed E-state index contributed by atoms with van der Waals surface area (Å²) in [4.78, 5) is 4.65. The van der Waals surface area contributed by atoms with Crippen molar-refractivity contribution < 1.29 is 4.74 Å². The van der Waals surface area contributed by atoms with Gasteiger partial charge in [-0.2, -0.15) is 9.61 Å². The van der Waals surface area contributed by atoms with E-state index in [0.717, 1.165) is 61.7 Å². The highest BCUT2D eigenvalue weighted by atomic mass is 16.5. The average Bonchev–Trinajstić information content (AvgIpc) is 3.15. The first kappa shape index (κ1) is 14.3. The second-order valence-electron chi connectivity index (χ2n) is 5.40. The fraction of sp³-hybridized carbons (Fsp3) is 0.600. The number of nitrogens with one attached hydrogen (secondary N) is 1. The van der Waals surface area contributed by atoms with Crippen molar-refractivity contribution in [2.75, 3.05) is 25.0 Å². The molecule has 1 aliphatic heterocycles. The zero-order chi connectivity index (χ0) is 14.7. The smallest absolute Gasteiger partial charge is 0.157 e. The summed E-state index contributed by atoms with van der Waals surface area (Å²) in [5.74, 6) is 0.981. The van der Waals surface area contributed by atoms with E-state index in [0.29, 0.717) is 6.54 Å². The molecule has 0 bridgehead atoms. The van der Waals surface area contributed by atoms with E-state index in [1.165, 1.54) is 0 Å². The number of nitrogens with two attached hydrogens (primary N) is 1. The molecule has 3 heterocycles. The molecule has 0 spiro atoms. The van der Waals surface area contributed by atoms with E-state index in [-0.39, 0.29) is 6.10 Å². The standard InChI is InChI=1S/C15H23N5O/c1-2-11-9-14(17-7-4-6-16)20-15(18-11)10-12(19-20)13-5-3-8-21-13/h9-10,13,17H,2-8,16H2,1H3. The van der Waals surface area contributed by atoms with Crippen LogP contribution in [0.1, 0.15) is 43.7 Å². The minimum Gasteiger partial charge on any atom is -0.372 e. The van der Waals surface area contributed by atoms with Crippen molar-refractivity contribution in [2.45, 2.75) is 38.7 Å². The van der Waals surface area contributed by atoms with Crippen molar-refractivity contribution in [3.8, 4) is 0 Å². The topological polar surface area (TPSA) is 77.5 Å². The van der Waals surface area contributed by atoms with Gasteiger partial charge < -0.3 is 15.8 Å². The van der Waals surface area contributed by atoms with E-state index in [1.807, 2.05) is 10.6 Å². The minimum atomic E-state index is 0.119. The van der Waals surface area contributed by atoms with E-state index in [4.69, 9.17) is 10.5 Å². The van der Waals surface area contributed by atoms with Crippen molar-refractivity contribution in [3.05, 3.63) is 23.5 Å². The van der Waals surface area contributed by atoms with Crippen LogP contribution < -0.4 is 11.1 Å². The number of ether oxygens (including phenoxy) is 1. The second kappa shape index (κ2) is 6.41. The maximum Gasteiger partial charge on any atom is 0.157 e. The Bertz CT molecular complexity index is 603. The van der Waals surface area contributed by atoms with Crippen LogP contribution >= 0.6 is 0 Å². The molecule has 3 N–H and O–H groups in total. The normalized spacial score (nSPS) is 18.5. The summed E-state index contributed by atoms with van der Waals surface area (Å²) in [5.41, 5.74) is 8.49. The second-order valence-corrected chi connectivity index (χ2v) is 5.40. The van der Waals surface area contributed by atoms with E-state index in [9.17, 15) is 0 Å². The predicted octanol–water partition coefficient (Wildman–Crippen LogP) is 1.90. The maximum absolute atomic E-state index is 5.72. The van der Waals surface area contributed by atoms with Gasteiger partial charge in [0.05, 0.1) is 5.69 Å². The van der Waals surface area contributed by atoms with Crippen molar-refractivity contribution in [2.24, 2.45) is 5.73 Å². The lowest BCUT2D eigenvalue weighted by Gasteiger charge is -2.09. The minimum absolute atomic E-state index is 0.119. The first-order valence-electron chi connectivity index (χ1n) is 7.77. The number of aryl methyl sites for hydroxylation is 1. The molecule has 2 aromatic heterocycles. The monoisotopic (exact) mass is 289 g/mol. The highest BCUT2D eigenvalue weighted by Gasteiger charge is 2.21. The Labute approximate surface area is 124 Å². The van der Waals surface area contributed by atoms with Crippen LogP contribution in [0.15, 0.2) is 12.1 Å². The molecule has 21 heavy (non-hydrogen) atoms. The van der Waals surface area contributed by atoms with E-state index >= 15 is 0 Å². The van der Waals surface area contributed by atoms with Gasteiger partial charge in [0, 0.05) is 31.0 Å². The maximum atomic E-state index is 5.72. The molecule has 6 nitrogen and oxygen atoms in total. The molecule has 1 saturated heterocycles. The fourth-order valence-corrected chi connectivity index (χ4v) is 2.64. The van der Waals surface area contributed by atoms with Gasteiger partial charge in [-0.25, -0.2) is 4.98 Å². The summed E-state index contributed by atoms with van der Waals surface area (Å²) >= 11 is 0. The quantitative estimate of drug-likeness (QED) is 0.794. The summed E-state index contributed by atoms with van der Waals surface area (Å²) in [5, 5.41) is 8.09. The highest BCUT2D eigenvalue weighted by Crippen LogP contribution is 2.28. The fourth-order valence-electron chi connectivity index (χ4n) is 2.64. The number of anilines is 1. The third-order valence-electron chi connectivity index (χ3n) is 3.81. The number of fused-ring (bicyclic) bond motifs is 1. The average molecular weight is 289 g/mol. The van der Waals surface area contributed by atoms with Crippen LogP contribution in [0.5, 0.6) is 0 Å². The van der Waals surface area contributed by atoms with Crippen molar-refractivity contribution in [1.29, 1.82) is 0 Å². The van der Waals surface area contributed by atoms with Gasteiger partial charge in [-0.05, 0) is 32.2 Å². The predicted molar refractivity (Wildman–Crippen MR) is 82.5 cm³/mol. The largest absolute Gasteiger partial charge is 0.372 e. The van der Waals surface area contributed by atoms with Gasteiger partial charge in [0.1, 0.15) is 11.9 Å². The molecule has 0 radical (unpaired) electrons. The van der Waals surface area contributed by atoms with Crippen LogP contribution in [-0.2, 0) is 11.2 Å². The number of nitrogens with zero attached hydrogens (tertiary/aromatic N) is 3. The molecule has 114 valence electrons. The van der Waals surface area contributed by atoms with Crippen molar-refractivity contribution in [1.82, 2.24) is 14.6 Å². The third kappa shape index (κ3) is 3.01. The lowest BCUT2D eigenvalue weighted by Crippen LogP contribution is -2.12. The van der Waals surface area contributed by atoms with Crippen LogP contribution in [0.3, 0.4) is 0 Å². The molecule has 0 aliphatic carbocycles. The molecule has 1 unspecified atom stereocenters. The summed E-state index contributed by atoms with van der Waals surface area (Å²) in [7, 11) is 0. The molecule has 1 aliphatic rings. The Morgan fingerprint density at radius 1 is 1.48 bits per heavy atom. The number of rotatable bonds is 6. The molecule has 0 amide bonds. The van der Waals surface area contributed by atoms with Crippen molar-refractivity contribution >= 4 is 11.5 Å². The Kier molecular flexibility index (Phi) is 4.36. The van der Waals surface area contributed by atoms with Crippen molar-refractivity contribution in [3.63, 3.8) is 0 Å².